The predicted octanol–water partition coefficient (Wildman–Crippen LogP) is 4.34. The van der Waals surface area contributed by atoms with E-state index in [1.165, 1.54) is 0 Å². The Kier molecular flexibility index (Phi) is 3.94. The van der Waals surface area contributed by atoms with Crippen LogP contribution in [0.25, 0.3) is 11.5 Å². The minimum Gasteiger partial charge on any atom is -0.466 e. The molecular formula is C23H22N4O2. The van der Waals surface area contributed by atoms with Gasteiger partial charge in [0.25, 0.3) is 5.91 Å². The summed E-state index contributed by atoms with van der Waals surface area (Å²) >= 11 is 0. The van der Waals surface area contributed by atoms with Crippen molar-refractivity contribution < 1.29 is 9.21 Å². The van der Waals surface area contributed by atoms with Gasteiger partial charge in [-0.1, -0.05) is 18.2 Å². The zero-order valence-corrected chi connectivity index (χ0v) is 16.7. The molecule has 3 aromatic heterocycles. The first-order valence-corrected chi connectivity index (χ1v) is 9.69. The first kappa shape index (κ1) is 17.6. The van der Waals surface area contributed by atoms with Crippen LogP contribution in [0.15, 0.2) is 59.3 Å². The van der Waals surface area contributed by atoms with E-state index < -0.39 is 0 Å². The van der Waals surface area contributed by atoms with Gasteiger partial charge in [-0.05, 0) is 50.6 Å². The average molecular weight is 386 g/mol. The number of aryl methyl sites for hydroxylation is 3. The topological polar surface area (TPSA) is 56.2 Å². The summed E-state index contributed by atoms with van der Waals surface area (Å²) in [6, 6.07) is 14.0. The van der Waals surface area contributed by atoms with Crippen LogP contribution in [0.4, 0.5) is 0 Å². The normalized spacial score (nSPS) is 13.1. The highest BCUT2D eigenvalue weighted by Gasteiger charge is 2.33. The molecule has 0 radical (unpaired) electrons. The number of para-hydroxylation sites is 1. The van der Waals surface area contributed by atoms with Crippen LogP contribution in [0.5, 0.6) is 0 Å². The van der Waals surface area contributed by atoms with Crippen molar-refractivity contribution in [2.45, 2.75) is 33.9 Å². The number of carbonyl (C=O) groups is 1. The lowest BCUT2D eigenvalue weighted by atomic mass is 10.2. The van der Waals surface area contributed by atoms with E-state index in [1.807, 2.05) is 66.2 Å². The Balaban J connectivity index is 1.57. The maximum absolute atomic E-state index is 13.1. The highest BCUT2D eigenvalue weighted by atomic mass is 16.3. The lowest BCUT2D eigenvalue weighted by Crippen LogP contribution is -2.26. The zero-order valence-electron chi connectivity index (χ0n) is 16.7. The molecule has 0 spiro atoms. The molecule has 0 N–H and O–H groups in total. The number of rotatable bonds is 3. The van der Waals surface area contributed by atoms with Crippen molar-refractivity contribution in [3.8, 4) is 11.5 Å². The molecule has 0 bridgehead atoms. The van der Waals surface area contributed by atoms with Gasteiger partial charge in [-0.3, -0.25) is 4.79 Å². The van der Waals surface area contributed by atoms with E-state index in [0.29, 0.717) is 24.4 Å². The van der Waals surface area contributed by atoms with E-state index in [0.717, 1.165) is 34.1 Å². The molecule has 1 aliphatic heterocycles. The molecule has 0 fully saturated rings. The summed E-state index contributed by atoms with van der Waals surface area (Å²) in [7, 11) is 0. The van der Waals surface area contributed by atoms with E-state index in [1.54, 1.807) is 0 Å². The number of fused-ring (bicyclic) bond motifs is 1. The first-order chi connectivity index (χ1) is 14.0. The van der Waals surface area contributed by atoms with Gasteiger partial charge in [-0.25, -0.2) is 4.68 Å². The maximum Gasteiger partial charge on any atom is 0.258 e. The Morgan fingerprint density at radius 3 is 2.48 bits per heavy atom. The van der Waals surface area contributed by atoms with Crippen LogP contribution in [-0.2, 0) is 13.1 Å². The summed E-state index contributed by atoms with van der Waals surface area (Å²) in [5.41, 5.74) is 4.84. The van der Waals surface area contributed by atoms with Crippen LogP contribution in [0.3, 0.4) is 0 Å². The highest BCUT2D eigenvalue weighted by molar-refractivity contribution is 5.95. The zero-order chi connectivity index (χ0) is 20.1. The SMILES string of the molecule is Cc1cc(C(=O)N2Cc3nn(-c4ccccc4C)c(-n4cccc4)c3C2)c(C)o1. The van der Waals surface area contributed by atoms with Crippen LogP contribution in [0.1, 0.15) is 38.7 Å². The summed E-state index contributed by atoms with van der Waals surface area (Å²) in [6.07, 6.45) is 4.03. The second kappa shape index (κ2) is 6.51. The molecule has 1 aromatic carbocycles. The molecule has 5 rings (SSSR count). The smallest absolute Gasteiger partial charge is 0.258 e. The van der Waals surface area contributed by atoms with Gasteiger partial charge in [-0.2, -0.15) is 5.10 Å². The van der Waals surface area contributed by atoms with Gasteiger partial charge in [-0.15, -0.1) is 0 Å². The minimum absolute atomic E-state index is 0.0155. The van der Waals surface area contributed by atoms with Crippen molar-refractivity contribution in [2.24, 2.45) is 0 Å². The maximum atomic E-state index is 13.1. The Hall–Kier alpha value is -3.54. The molecule has 29 heavy (non-hydrogen) atoms. The second-order valence-corrected chi connectivity index (χ2v) is 7.53. The van der Waals surface area contributed by atoms with E-state index in [2.05, 4.69) is 23.6 Å². The number of carbonyl (C=O) groups excluding carboxylic acids is 1. The van der Waals surface area contributed by atoms with E-state index in [-0.39, 0.29) is 5.91 Å². The Bertz CT molecular complexity index is 1210. The van der Waals surface area contributed by atoms with Gasteiger partial charge < -0.3 is 13.9 Å². The van der Waals surface area contributed by atoms with Gasteiger partial charge in [0.1, 0.15) is 17.3 Å². The molecule has 146 valence electrons. The van der Waals surface area contributed by atoms with Gasteiger partial charge in [0, 0.05) is 18.0 Å². The van der Waals surface area contributed by atoms with E-state index in [9.17, 15) is 4.79 Å². The molecule has 1 amide bonds. The number of furan rings is 1. The van der Waals surface area contributed by atoms with Gasteiger partial charge in [0.15, 0.2) is 0 Å². The second-order valence-electron chi connectivity index (χ2n) is 7.53. The molecule has 0 aliphatic carbocycles. The summed E-state index contributed by atoms with van der Waals surface area (Å²) < 4.78 is 9.62. The third-order valence-corrected chi connectivity index (χ3v) is 5.48. The van der Waals surface area contributed by atoms with Crippen molar-refractivity contribution in [3.05, 3.63) is 88.8 Å². The molecule has 0 saturated carbocycles. The quantitative estimate of drug-likeness (QED) is 0.526. The monoisotopic (exact) mass is 386 g/mol. The molecule has 4 heterocycles. The Morgan fingerprint density at radius 2 is 1.79 bits per heavy atom. The molecular weight excluding hydrogens is 364 g/mol. The van der Waals surface area contributed by atoms with Crippen LogP contribution in [0, 0.1) is 20.8 Å². The first-order valence-electron chi connectivity index (χ1n) is 9.69. The summed E-state index contributed by atoms with van der Waals surface area (Å²) in [6.45, 7) is 6.79. The third kappa shape index (κ3) is 2.79. The molecule has 0 unspecified atom stereocenters. The van der Waals surface area contributed by atoms with Crippen LogP contribution in [0.2, 0.25) is 0 Å². The summed E-state index contributed by atoms with van der Waals surface area (Å²) in [4.78, 5) is 14.9. The fourth-order valence-corrected chi connectivity index (χ4v) is 4.07. The lowest BCUT2D eigenvalue weighted by molar-refractivity contribution is 0.0747. The van der Waals surface area contributed by atoms with E-state index in [4.69, 9.17) is 9.52 Å². The van der Waals surface area contributed by atoms with Crippen molar-refractivity contribution in [1.29, 1.82) is 0 Å². The highest BCUT2D eigenvalue weighted by Crippen LogP contribution is 2.32. The number of hydrogen-bond donors (Lipinski definition) is 0. The molecule has 6 heteroatoms. The number of nitrogens with zero attached hydrogens (tertiary/aromatic N) is 4. The van der Waals surface area contributed by atoms with Crippen molar-refractivity contribution in [3.63, 3.8) is 0 Å². The fraction of sp³-hybridized carbons (Fsp3) is 0.217. The Morgan fingerprint density at radius 1 is 1.03 bits per heavy atom. The molecule has 6 nitrogen and oxygen atoms in total. The molecule has 1 aliphatic rings. The summed E-state index contributed by atoms with van der Waals surface area (Å²) in [5.74, 6) is 2.38. The number of hydrogen-bond acceptors (Lipinski definition) is 3. The predicted molar refractivity (Wildman–Crippen MR) is 109 cm³/mol. The third-order valence-electron chi connectivity index (χ3n) is 5.48. The molecule has 0 atom stereocenters. The standard InChI is InChI=1S/C23H22N4O2/c1-15-8-4-5-9-21(15)27-22(25-10-6-7-11-25)19-13-26(14-20(19)24-27)23(28)18-12-16(2)29-17(18)3/h4-12H,13-14H2,1-3H3. The van der Waals surface area contributed by atoms with Crippen molar-refractivity contribution >= 4 is 5.91 Å². The van der Waals surface area contributed by atoms with Crippen molar-refractivity contribution in [1.82, 2.24) is 19.2 Å². The van der Waals surface area contributed by atoms with Gasteiger partial charge >= 0.3 is 0 Å². The van der Waals surface area contributed by atoms with Gasteiger partial charge in [0.05, 0.1) is 30.0 Å². The Labute approximate surface area is 169 Å². The summed E-state index contributed by atoms with van der Waals surface area (Å²) in [5, 5.41) is 4.91. The number of benzene rings is 1. The van der Waals surface area contributed by atoms with Crippen LogP contribution in [-0.4, -0.2) is 25.2 Å². The fourth-order valence-electron chi connectivity index (χ4n) is 4.07. The molecule has 0 saturated heterocycles. The van der Waals surface area contributed by atoms with Crippen LogP contribution < -0.4 is 0 Å². The largest absolute Gasteiger partial charge is 0.466 e. The minimum atomic E-state index is -0.0155. The molecule has 4 aromatic rings. The van der Waals surface area contributed by atoms with Gasteiger partial charge in [0.2, 0.25) is 0 Å². The van der Waals surface area contributed by atoms with Crippen LogP contribution >= 0.6 is 0 Å². The van der Waals surface area contributed by atoms with Crippen molar-refractivity contribution in [2.75, 3.05) is 0 Å². The lowest BCUT2D eigenvalue weighted by Gasteiger charge is -2.17. The number of amides is 1. The number of aromatic nitrogens is 3. The van der Waals surface area contributed by atoms with E-state index >= 15 is 0 Å². The average Bonchev–Trinajstić information content (AvgIpc) is 3.45.